The fraction of sp³-hybridized carbons (Fsp3) is 0.120. The van der Waals surface area contributed by atoms with Crippen molar-refractivity contribution in [1.82, 2.24) is 4.98 Å². The molecule has 0 atom stereocenters. The molecule has 0 radical (unpaired) electrons. The van der Waals surface area contributed by atoms with Crippen molar-refractivity contribution in [1.29, 1.82) is 0 Å². The Morgan fingerprint density at radius 3 is 2.14 bits per heavy atom. The summed E-state index contributed by atoms with van der Waals surface area (Å²) in [4.78, 5) is 4.00. The van der Waals surface area contributed by atoms with E-state index in [0.717, 1.165) is 17.7 Å². The van der Waals surface area contributed by atoms with Gasteiger partial charge >= 0.3 is 0 Å². The highest BCUT2D eigenvalue weighted by atomic mass is 32.1. The van der Waals surface area contributed by atoms with Crippen LogP contribution in [0, 0.1) is 6.92 Å². The fourth-order valence-corrected chi connectivity index (χ4v) is 2.62. The van der Waals surface area contributed by atoms with Crippen LogP contribution in [0.4, 0.5) is 5.69 Å². The zero-order chi connectivity index (χ0) is 21.1. The molecule has 0 spiro atoms. The van der Waals surface area contributed by atoms with E-state index in [-0.39, 0.29) is 5.11 Å². The van der Waals surface area contributed by atoms with Crippen molar-refractivity contribution in [3.8, 4) is 0 Å². The van der Waals surface area contributed by atoms with Crippen LogP contribution < -0.4 is 11.1 Å². The molecule has 3 rings (SSSR count). The van der Waals surface area contributed by atoms with Crippen molar-refractivity contribution in [3.05, 3.63) is 114 Å². The molecule has 3 N–H and O–H groups in total. The van der Waals surface area contributed by atoms with E-state index in [1.807, 2.05) is 37.3 Å². The van der Waals surface area contributed by atoms with E-state index in [1.54, 1.807) is 12.4 Å². The number of aryl methyl sites for hydroxylation is 1. The molecule has 0 saturated carbocycles. The summed E-state index contributed by atoms with van der Waals surface area (Å²) in [7, 11) is 0. The van der Waals surface area contributed by atoms with E-state index in [2.05, 4.69) is 66.3 Å². The van der Waals surface area contributed by atoms with E-state index in [1.165, 1.54) is 22.3 Å². The number of thiocarbonyl (C=S) groups is 1. The molecule has 1 heterocycles. The monoisotopic (exact) mass is 401 g/mol. The van der Waals surface area contributed by atoms with E-state index in [4.69, 9.17) is 18.0 Å². The van der Waals surface area contributed by atoms with Crippen molar-refractivity contribution < 1.29 is 0 Å². The molecule has 148 valence electrons. The van der Waals surface area contributed by atoms with Crippen molar-refractivity contribution >= 4 is 29.1 Å². The molecule has 0 aliphatic heterocycles. The third-order valence-electron chi connectivity index (χ3n) is 4.02. The summed E-state index contributed by atoms with van der Waals surface area (Å²) >= 11 is 4.78. The number of nitrogens with one attached hydrogen (secondary N) is 1. The summed E-state index contributed by atoms with van der Waals surface area (Å²) < 4.78 is 0. The van der Waals surface area contributed by atoms with Crippen LogP contribution in [0.3, 0.4) is 0 Å². The number of rotatable bonds is 5. The van der Waals surface area contributed by atoms with Gasteiger partial charge in [0.05, 0.1) is 0 Å². The normalized spacial score (nSPS) is 10.1. The Balaban J connectivity index is 0.000000221. The topological polar surface area (TPSA) is 50.9 Å². The minimum Gasteiger partial charge on any atom is -0.376 e. The highest BCUT2D eigenvalue weighted by Gasteiger charge is 1.97. The molecule has 2 aromatic carbocycles. The molecule has 4 heteroatoms. The van der Waals surface area contributed by atoms with Gasteiger partial charge in [0.25, 0.3) is 0 Å². The van der Waals surface area contributed by atoms with E-state index in [9.17, 15) is 0 Å². The Morgan fingerprint density at radius 1 is 1.00 bits per heavy atom. The maximum atomic E-state index is 5.40. The SMILES string of the molecule is C=C(C)/C=C/c1ccc(C)cc1.NC(=S)Nc1ccc(Cc2ccncc2)cc1. The van der Waals surface area contributed by atoms with E-state index < -0.39 is 0 Å². The summed E-state index contributed by atoms with van der Waals surface area (Å²) in [5.41, 5.74) is 12.4. The van der Waals surface area contributed by atoms with Gasteiger partial charge < -0.3 is 11.1 Å². The van der Waals surface area contributed by atoms with Gasteiger partial charge in [-0.15, -0.1) is 0 Å². The van der Waals surface area contributed by atoms with Gasteiger partial charge in [0.1, 0.15) is 0 Å². The van der Waals surface area contributed by atoms with Crippen LogP contribution in [0.5, 0.6) is 0 Å². The first-order chi connectivity index (χ1) is 13.9. The predicted molar refractivity (Wildman–Crippen MR) is 129 cm³/mol. The van der Waals surface area contributed by atoms with Crippen LogP contribution in [0.2, 0.25) is 0 Å². The number of hydrogen-bond donors (Lipinski definition) is 2. The second kappa shape index (κ2) is 11.6. The second-order valence-corrected chi connectivity index (χ2v) is 7.25. The number of allylic oxidation sites excluding steroid dienone is 2. The van der Waals surface area contributed by atoms with Gasteiger partial charge in [0.2, 0.25) is 0 Å². The molecule has 0 aliphatic carbocycles. The lowest BCUT2D eigenvalue weighted by Gasteiger charge is -2.05. The average Bonchev–Trinajstić information content (AvgIpc) is 2.70. The molecule has 0 saturated heterocycles. The van der Waals surface area contributed by atoms with E-state index in [0.29, 0.717) is 0 Å². The van der Waals surface area contributed by atoms with Gasteiger partial charge in [0, 0.05) is 18.1 Å². The average molecular weight is 402 g/mol. The lowest BCUT2D eigenvalue weighted by Crippen LogP contribution is -2.18. The number of anilines is 1. The number of benzene rings is 2. The molecule has 29 heavy (non-hydrogen) atoms. The molecule has 0 amide bonds. The second-order valence-electron chi connectivity index (χ2n) is 6.81. The van der Waals surface area contributed by atoms with Gasteiger partial charge in [-0.25, -0.2) is 0 Å². The maximum Gasteiger partial charge on any atom is 0.168 e. The lowest BCUT2D eigenvalue weighted by molar-refractivity contribution is 1.16. The smallest absolute Gasteiger partial charge is 0.168 e. The molecular weight excluding hydrogens is 374 g/mol. The Bertz CT molecular complexity index is 944. The fourth-order valence-electron chi connectivity index (χ4n) is 2.50. The van der Waals surface area contributed by atoms with Crippen LogP contribution in [0.15, 0.2) is 91.3 Å². The Hall–Kier alpha value is -3.24. The quantitative estimate of drug-likeness (QED) is 0.412. The number of hydrogen-bond acceptors (Lipinski definition) is 2. The van der Waals surface area contributed by atoms with Crippen LogP contribution in [0.1, 0.15) is 29.2 Å². The highest BCUT2D eigenvalue weighted by molar-refractivity contribution is 7.80. The molecule has 0 bridgehead atoms. The van der Waals surface area contributed by atoms with Gasteiger partial charge in [-0.2, -0.15) is 0 Å². The number of nitrogens with two attached hydrogens (primary N) is 1. The number of pyridine rings is 1. The van der Waals surface area contributed by atoms with Crippen molar-refractivity contribution in [2.75, 3.05) is 5.32 Å². The molecule has 0 aliphatic rings. The first kappa shape index (κ1) is 22.1. The summed E-state index contributed by atoms with van der Waals surface area (Å²) in [5.74, 6) is 0. The van der Waals surface area contributed by atoms with Crippen LogP contribution in [0.25, 0.3) is 6.08 Å². The Kier molecular flexibility index (Phi) is 8.80. The standard InChI is InChI=1S/C13H13N3S.C12H14/c14-13(17)16-12-3-1-10(2-4-12)9-11-5-7-15-8-6-11;1-10(2)4-7-12-8-5-11(3)6-9-12/h1-8H,9H2,(H3,14,16,17);4-9H,1H2,2-3H3/b;7-4+. The van der Waals surface area contributed by atoms with Gasteiger partial charge in [-0.3, -0.25) is 4.98 Å². The molecule has 3 aromatic rings. The van der Waals surface area contributed by atoms with Crippen LogP contribution in [-0.4, -0.2) is 10.1 Å². The Labute approximate surface area is 179 Å². The minimum absolute atomic E-state index is 0.284. The molecule has 0 fully saturated rings. The van der Waals surface area contributed by atoms with Gasteiger partial charge in [0.15, 0.2) is 5.11 Å². The Morgan fingerprint density at radius 2 is 1.59 bits per heavy atom. The summed E-state index contributed by atoms with van der Waals surface area (Å²) in [6.45, 7) is 7.88. The molecule has 1 aromatic heterocycles. The van der Waals surface area contributed by atoms with Gasteiger partial charge in [-0.1, -0.05) is 66.3 Å². The molecule has 0 unspecified atom stereocenters. The van der Waals surface area contributed by atoms with Crippen molar-refractivity contribution in [2.45, 2.75) is 20.3 Å². The third kappa shape index (κ3) is 9.00. The molecular formula is C25H27N3S. The third-order valence-corrected chi connectivity index (χ3v) is 4.12. The predicted octanol–water partition coefficient (Wildman–Crippen LogP) is 5.91. The summed E-state index contributed by atoms with van der Waals surface area (Å²) in [5, 5.41) is 3.18. The van der Waals surface area contributed by atoms with Gasteiger partial charge in [-0.05, 0) is 73.4 Å². The minimum atomic E-state index is 0.284. The molecule has 3 nitrogen and oxygen atoms in total. The summed E-state index contributed by atoms with van der Waals surface area (Å²) in [6.07, 6.45) is 8.60. The zero-order valence-corrected chi connectivity index (χ0v) is 17.7. The van der Waals surface area contributed by atoms with Crippen molar-refractivity contribution in [3.63, 3.8) is 0 Å². The summed E-state index contributed by atoms with van der Waals surface area (Å²) in [6, 6.07) is 20.5. The highest BCUT2D eigenvalue weighted by Crippen LogP contribution is 2.13. The van der Waals surface area contributed by atoms with Crippen molar-refractivity contribution in [2.24, 2.45) is 5.73 Å². The first-order valence-electron chi connectivity index (χ1n) is 9.37. The van der Waals surface area contributed by atoms with E-state index >= 15 is 0 Å². The number of aromatic nitrogens is 1. The maximum absolute atomic E-state index is 5.40. The zero-order valence-electron chi connectivity index (χ0n) is 16.9. The van der Waals surface area contributed by atoms with Crippen LogP contribution >= 0.6 is 12.2 Å². The first-order valence-corrected chi connectivity index (χ1v) is 9.78. The number of nitrogens with zero attached hydrogens (tertiary/aromatic N) is 1. The van der Waals surface area contributed by atoms with Crippen LogP contribution in [-0.2, 0) is 6.42 Å². The largest absolute Gasteiger partial charge is 0.376 e. The lowest BCUT2D eigenvalue weighted by atomic mass is 10.1.